The second kappa shape index (κ2) is 8.31. The summed E-state index contributed by atoms with van der Waals surface area (Å²) in [5.41, 5.74) is 5.66. The molecule has 0 aliphatic carbocycles. The van der Waals surface area contributed by atoms with Crippen LogP contribution in [0.1, 0.15) is 36.8 Å². The Bertz CT molecular complexity index is 970. The van der Waals surface area contributed by atoms with E-state index in [1.54, 1.807) is 11.3 Å². The number of para-hydroxylation sites is 1. The predicted molar refractivity (Wildman–Crippen MR) is 115 cm³/mol. The molecule has 136 valence electrons. The van der Waals surface area contributed by atoms with Gasteiger partial charge >= 0.3 is 0 Å². The molecular weight excluding hydrogens is 350 g/mol. The van der Waals surface area contributed by atoms with Crippen LogP contribution in [0.3, 0.4) is 0 Å². The number of unbranched alkanes of at least 4 members (excludes halogenated alkanes) is 1. The van der Waals surface area contributed by atoms with Crippen LogP contribution in [0.2, 0.25) is 0 Å². The Morgan fingerprint density at radius 2 is 1.81 bits per heavy atom. The maximum absolute atomic E-state index is 4.83. The van der Waals surface area contributed by atoms with Crippen LogP contribution in [0.4, 0.5) is 5.69 Å². The predicted octanol–water partition coefficient (Wildman–Crippen LogP) is 6.22. The van der Waals surface area contributed by atoms with Crippen LogP contribution in [0, 0.1) is 0 Å². The third-order valence-corrected chi connectivity index (χ3v) is 5.47. The Balaban J connectivity index is 1.49. The summed E-state index contributed by atoms with van der Waals surface area (Å²) < 4.78 is 0. The van der Waals surface area contributed by atoms with E-state index < -0.39 is 0 Å². The number of aryl methyl sites for hydroxylation is 1. The maximum atomic E-state index is 4.83. The van der Waals surface area contributed by atoms with E-state index in [4.69, 9.17) is 9.98 Å². The van der Waals surface area contributed by atoms with Gasteiger partial charge in [0.25, 0.3) is 0 Å². The number of hydrogen-bond acceptors (Lipinski definition) is 4. The van der Waals surface area contributed by atoms with Gasteiger partial charge in [-0.3, -0.25) is 0 Å². The fraction of sp³-hybridized carbons (Fsp3) is 0.217. The minimum absolute atomic E-state index is 0.861. The lowest BCUT2D eigenvalue weighted by Crippen LogP contribution is -2.25. The average molecular weight is 374 g/mol. The van der Waals surface area contributed by atoms with Crippen molar-refractivity contribution in [2.24, 2.45) is 4.99 Å². The van der Waals surface area contributed by atoms with Crippen LogP contribution in [0.5, 0.6) is 0 Å². The van der Waals surface area contributed by atoms with Crippen LogP contribution < -0.4 is 5.32 Å². The van der Waals surface area contributed by atoms with Gasteiger partial charge in [0.1, 0.15) is 5.84 Å². The van der Waals surface area contributed by atoms with Crippen molar-refractivity contribution in [1.82, 2.24) is 10.3 Å². The maximum Gasteiger partial charge on any atom is 0.107 e. The third-order valence-electron chi connectivity index (χ3n) is 4.56. The lowest BCUT2D eigenvalue weighted by Gasteiger charge is -2.20. The molecule has 1 aliphatic rings. The number of benzene rings is 2. The molecule has 4 rings (SSSR count). The number of allylic oxidation sites excluding steroid dienone is 1. The smallest absolute Gasteiger partial charge is 0.107 e. The molecule has 0 unspecified atom stereocenters. The number of thiazole rings is 1. The van der Waals surface area contributed by atoms with E-state index in [9.17, 15) is 0 Å². The number of rotatable bonds is 6. The van der Waals surface area contributed by atoms with Gasteiger partial charge < -0.3 is 5.32 Å². The highest BCUT2D eigenvalue weighted by Crippen LogP contribution is 2.30. The molecule has 0 bridgehead atoms. The zero-order valence-electron chi connectivity index (χ0n) is 15.5. The second-order valence-corrected chi connectivity index (χ2v) is 7.54. The van der Waals surface area contributed by atoms with E-state index in [0.29, 0.717) is 0 Å². The first kappa shape index (κ1) is 17.7. The fourth-order valence-corrected chi connectivity index (χ4v) is 3.96. The second-order valence-electron chi connectivity index (χ2n) is 6.60. The van der Waals surface area contributed by atoms with Gasteiger partial charge in [0.05, 0.1) is 16.4 Å². The lowest BCUT2D eigenvalue weighted by molar-refractivity contribution is 0.945. The van der Waals surface area contributed by atoms with E-state index in [1.807, 2.05) is 6.07 Å². The molecule has 0 amide bonds. The molecule has 0 fully saturated rings. The number of nitrogens with zero attached hydrogens (tertiary/aromatic N) is 2. The van der Waals surface area contributed by atoms with Gasteiger partial charge in [-0.1, -0.05) is 68.0 Å². The molecule has 0 saturated carbocycles. The molecule has 0 saturated heterocycles. The van der Waals surface area contributed by atoms with E-state index in [-0.39, 0.29) is 0 Å². The van der Waals surface area contributed by atoms with Crippen LogP contribution >= 0.6 is 11.3 Å². The summed E-state index contributed by atoms with van der Waals surface area (Å²) in [4.78, 5) is 9.62. The summed E-state index contributed by atoms with van der Waals surface area (Å²) in [6.07, 6.45) is 6.24. The Kier molecular flexibility index (Phi) is 5.45. The lowest BCUT2D eigenvalue weighted by atomic mass is 10.1. The number of aromatic nitrogens is 1. The highest BCUT2D eigenvalue weighted by Gasteiger charge is 2.16. The van der Waals surface area contributed by atoms with Crippen LogP contribution in [0.25, 0.3) is 17.0 Å². The zero-order chi connectivity index (χ0) is 18.5. The Morgan fingerprint density at radius 3 is 2.67 bits per heavy atom. The molecule has 3 nitrogen and oxygen atoms in total. The Hall–Kier alpha value is -2.72. The van der Waals surface area contributed by atoms with Crippen molar-refractivity contribution in [2.75, 3.05) is 0 Å². The quantitative estimate of drug-likeness (QED) is 0.557. The standard InChI is InChI=1S/C23H23N3S/c1-2-3-12-19-18-11-7-8-13-20(18)25-22(24-19)14-15-23-26-21(16-27-23)17-9-5-4-6-10-17/h4-13,16H,2-3,14-15H2,1H3,(H,24,25)/b19-12-. The van der Waals surface area contributed by atoms with Crippen molar-refractivity contribution in [3.8, 4) is 11.3 Å². The highest BCUT2D eigenvalue weighted by atomic mass is 32.1. The summed E-state index contributed by atoms with van der Waals surface area (Å²) in [5, 5.41) is 6.83. The highest BCUT2D eigenvalue weighted by molar-refractivity contribution is 7.09. The van der Waals surface area contributed by atoms with Crippen LogP contribution in [-0.4, -0.2) is 10.8 Å². The number of amidine groups is 1. The molecule has 1 aromatic heterocycles. The van der Waals surface area contributed by atoms with Gasteiger partial charge in [0.15, 0.2) is 0 Å². The molecule has 1 N–H and O–H groups in total. The SMILES string of the molecule is CCC/C=C1\NC(CCc2nc(-c3ccccc3)cs2)=Nc2ccccc21. The van der Waals surface area contributed by atoms with E-state index in [2.05, 4.69) is 72.2 Å². The number of fused-ring (bicyclic) bond motifs is 1. The average Bonchev–Trinajstić information content (AvgIpc) is 3.20. The summed E-state index contributed by atoms with van der Waals surface area (Å²) in [6, 6.07) is 18.7. The normalized spacial score (nSPS) is 14.6. The topological polar surface area (TPSA) is 37.3 Å². The number of aliphatic imine (C=N–C) groups is 1. The first-order valence-electron chi connectivity index (χ1n) is 9.47. The number of nitrogens with one attached hydrogen (secondary N) is 1. The van der Waals surface area contributed by atoms with Crippen LogP contribution in [-0.2, 0) is 6.42 Å². The Morgan fingerprint density at radius 1 is 1.00 bits per heavy atom. The molecule has 0 radical (unpaired) electrons. The van der Waals surface area contributed by atoms with E-state index in [0.717, 1.165) is 47.9 Å². The van der Waals surface area contributed by atoms with Gasteiger partial charge in [0.2, 0.25) is 0 Å². The summed E-state index contributed by atoms with van der Waals surface area (Å²) in [5.74, 6) is 1.02. The van der Waals surface area contributed by atoms with Gasteiger partial charge in [-0.25, -0.2) is 9.98 Å². The van der Waals surface area contributed by atoms with Gasteiger partial charge in [-0.05, 0) is 12.5 Å². The van der Waals surface area contributed by atoms with Gasteiger partial charge in [0, 0.05) is 35.0 Å². The summed E-state index contributed by atoms with van der Waals surface area (Å²) >= 11 is 1.72. The molecule has 1 aliphatic heterocycles. The first-order chi connectivity index (χ1) is 13.3. The van der Waals surface area contributed by atoms with Crippen molar-refractivity contribution < 1.29 is 0 Å². The van der Waals surface area contributed by atoms with E-state index >= 15 is 0 Å². The molecule has 2 aromatic carbocycles. The van der Waals surface area contributed by atoms with Crippen molar-refractivity contribution in [3.63, 3.8) is 0 Å². The largest absolute Gasteiger partial charge is 0.343 e. The molecule has 3 aromatic rings. The molecule has 2 heterocycles. The molecule has 0 atom stereocenters. The minimum atomic E-state index is 0.861. The van der Waals surface area contributed by atoms with Crippen molar-refractivity contribution in [1.29, 1.82) is 0 Å². The monoisotopic (exact) mass is 373 g/mol. The first-order valence-corrected chi connectivity index (χ1v) is 10.4. The molecule has 4 heteroatoms. The Labute approximate surface area is 164 Å². The summed E-state index contributed by atoms with van der Waals surface area (Å²) in [6.45, 7) is 2.20. The van der Waals surface area contributed by atoms with Gasteiger partial charge in [-0.15, -0.1) is 11.3 Å². The third kappa shape index (κ3) is 4.17. The van der Waals surface area contributed by atoms with E-state index in [1.165, 1.54) is 16.8 Å². The van der Waals surface area contributed by atoms with Crippen LogP contribution in [0.15, 0.2) is 71.0 Å². The van der Waals surface area contributed by atoms with Gasteiger partial charge in [-0.2, -0.15) is 0 Å². The van der Waals surface area contributed by atoms with Crippen molar-refractivity contribution in [3.05, 3.63) is 76.6 Å². The minimum Gasteiger partial charge on any atom is -0.343 e. The van der Waals surface area contributed by atoms with Crippen molar-refractivity contribution in [2.45, 2.75) is 32.6 Å². The zero-order valence-corrected chi connectivity index (χ0v) is 16.3. The fourth-order valence-electron chi connectivity index (χ4n) is 3.16. The number of hydrogen-bond donors (Lipinski definition) is 1. The molecule has 0 spiro atoms. The molecular formula is C23H23N3S. The van der Waals surface area contributed by atoms with Crippen molar-refractivity contribution >= 4 is 28.6 Å². The molecule has 27 heavy (non-hydrogen) atoms. The summed E-state index contributed by atoms with van der Waals surface area (Å²) in [7, 11) is 0.